The van der Waals surface area contributed by atoms with E-state index in [0.29, 0.717) is 11.4 Å². The number of benzene rings is 7. The molecule has 7 aromatic rings. The van der Waals surface area contributed by atoms with Crippen molar-refractivity contribution in [2.75, 3.05) is 4.90 Å². The van der Waals surface area contributed by atoms with Crippen LogP contribution < -0.4 is 25.6 Å². The monoisotopic (exact) mass is 629 g/mol. The molecule has 0 amide bonds. The van der Waals surface area contributed by atoms with E-state index in [4.69, 9.17) is 13.1 Å². The summed E-state index contributed by atoms with van der Waals surface area (Å²) in [5.41, 5.74) is 6.35. The maximum absolute atomic E-state index is 7.36. The first kappa shape index (κ1) is 30.2. The molecule has 7 aromatic carbocycles. The normalized spacial score (nSPS) is 10.9. The third-order valence-corrected chi connectivity index (χ3v) is 13.7. The fourth-order valence-corrected chi connectivity index (χ4v) is 11.3. The molecule has 3 nitrogen and oxygen atoms in total. The highest BCUT2D eigenvalue weighted by Gasteiger charge is 2.41. The van der Waals surface area contributed by atoms with Crippen molar-refractivity contribution >= 4 is 57.3 Å². The lowest BCUT2D eigenvalue weighted by molar-refractivity contribution is 1.29. The lowest BCUT2D eigenvalue weighted by Crippen LogP contribution is -2.74. The van der Waals surface area contributed by atoms with Crippen molar-refractivity contribution in [3.05, 3.63) is 211 Å². The minimum atomic E-state index is -2.58. The van der Waals surface area contributed by atoms with Crippen LogP contribution in [0.5, 0.6) is 0 Å². The molecule has 0 atom stereocenters. The molecular formula is C44H31N3Si. The second-order valence-electron chi connectivity index (χ2n) is 11.6. The minimum absolute atomic E-state index is 0.597. The Labute approximate surface area is 283 Å². The van der Waals surface area contributed by atoms with Crippen molar-refractivity contribution in [1.82, 2.24) is 0 Å². The van der Waals surface area contributed by atoms with Gasteiger partial charge in [-0.05, 0) is 68.3 Å². The zero-order chi connectivity index (χ0) is 32.8. The maximum atomic E-state index is 7.36. The smallest absolute Gasteiger partial charge is 0.187 e. The molecule has 0 fully saturated rings. The fraction of sp³-hybridized carbons (Fsp3) is 0. The van der Waals surface area contributed by atoms with Crippen LogP contribution in [0.25, 0.3) is 20.8 Å². The van der Waals surface area contributed by atoms with Gasteiger partial charge in [0.2, 0.25) is 0 Å². The van der Waals surface area contributed by atoms with Gasteiger partial charge in [0.25, 0.3) is 0 Å². The molecule has 0 aliphatic rings. The third kappa shape index (κ3) is 5.70. The van der Waals surface area contributed by atoms with E-state index in [1.807, 2.05) is 48.5 Å². The van der Waals surface area contributed by atoms with Crippen LogP contribution in [0, 0.1) is 13.1 Å². The number of nitrogens with zero attached hydrogens (tertiary/aromatic N) is 3. The molecule has 0 saturated carbocycles. The first-order valence-electron chi connectivity index (χ1n) is 15.8. The molecule has 226 valence electrons. The Bertz CT molecular complexity index is 2050. The topological polar surface area (TPSA) is 12.0 Å². The number of rotatable bonds is 8. The van der Waals surface area contributed by atoms with Gasteiger partial charge >= 0.3 is 0 Å². The summed E-state index contributed by atoms with van der Waals surface area (Å²) in [6.45, 7) is 14.7. The SMILES string of the molecule is [C-]#[N+]c1ccc(N(c2ccc([N+]#[C-])cc2)c2ccc(-c3ccc([Si](c4ccccc4)(c4ccccc4)c4ccccc4)cc3)cc2)cc1. The van der Waals surface area contributed by atoms with Crippen LogP contribution in [0.15, 0.2) is 188 Å². The summed E-state index contributed by atoms with van der Waals surface area (Å²) in [7, 11) is -2.58. The predicted octanol–water partition coefficient (Wildman–Crippen LogP) is 9.30. The molecule has 0 bridgehead atoms. The van der Waals surface area contributed by atoms with Crippen molar-refractivity contribution in [3.8, 4) is 11.1 Å². The second-order valence-corrected chi connectivity index (χ2v) is 15.4. The molecule has 0 unspecified atom stereocenters. The number of hydrogen-bond donors (Lipinski definition) is 0. The zero-order valence-corrected chi connectivity index (χ0v) is 27.2. The number of anilines is 3. The van der Waals surface area contributed by atoms with Gasteiger partial charge in [-0.1, -0.05) is 152 Å². The molecule has 0 spiro atoms. The molecule has 48 heavy (non-hydrogen) atoms. The minimum Gasteiger partial charge on any atom is -0.311 e. The van der Waals surface area contributed by atoms with Gasteiger partial charge in [0, 0.05) is 17.1 Å². The highest BCUT2D eigenvalue weighted by Crippen LogP contribution is 2.37. The summed E-state index contributed by atoms with van der Waals surface area (Å²) in [4.78, 5) is 9.26. The average molecular weight is 630 g/mol. The molecular weight excluding hydrogens is 599 g/mol. The van der Waals surface area contributed by atoms with Gasteiger partial charge in [-0.2, -0.15) is 0 Å². The highest BCUT2D eigenvalue weighted by atomic mass is 28.3. The quantitative estimate of drug-likeness (QED) is 0.0927. The molecule has 4 heteroatoms. The third-order valence-electron chi connectivity index (χ3n) is 8.87. The van der Waals surface area contributed by atoms with E-state index in [-0.39, 0.29) is 0 Å². The second kappa shape index (κ2) is 13.5. The first-order valence-corrected chi connectivity index (χ1v) is 17.8. The summed E-state index contributed by atoms with van der Waals surface area (Å²) in [6, 6.07) is 65.9. The van der Waals surface area contributed by atoms with Crippen molar-refractivity contribution in [2.24, 2.45) is 0 Å². The fourth-order valence-electron chi connectivity index (χ4n) is 6.58. The zero-order valence-electron chi connectivity index (χ0n) is 26.2. The Morgan fingerprint density at radius 1 is 0.333 bits per heavy atom. The van der Waals surface area contributed by atoms with Gasteiger partial charge in [0.15, 0.2) is 19.4 Å². The van der Waals surface area contributed by atoms with Crippen molar-refractivity contribution in [1.29, 1.82) is 0 Å². The highest BCUT2D eigenvalue weighted by molar-refractivity contribution is 7.19. The van der Waals surface area contributed by atoms with Crippen molar-refractivity contribution < 1.29 is 0 Å². The lowest BCUT2D eigenvalue weighted by Gasteiger charge is -2.34. The van der Waals surface area contributed by atoms with E-state index in [0.717, 1.165) is 28.2 Å². The van der Waals surface area contributed by atoms with E-state index in [9.17, 15) is 0 Å². The standard InChI is InChI=1S/C44H31N3Si/c1-45-36-22-28-39(29-23-36)47(40-30-24-37(46-2)25-31-40)38-26-18-34(19-27-38)35-20-32-44(33-21-35)48(41-12-6-3-7-13-41,42-14-8-4-9-15-42)43-16-10-5-11-17-43/h3-33H. The van der Waals surface area contributed by atoms with Crippen LogP contribution in [0.1, 0.15) is 0 Å². The van der Waals surface area contributed by atoms with Gasteiger partial charge in [-0.15, -0.1) is 0 Å². The van der Waals surface area contributed by atoms with Gasteiger partial charge in [-0.3, -0.25) is 0 Å². The molecule has 0 aliphatic carbocycles. The molecule has 0 aliphatic heterocycles. The summed E-state index contributed by atoms with van der Waals surface area (Å²) >= 11 is 0. The molecule has 0 aromatic heterocycles. The number of hydrogen-bond acceptors (Lipinski definition) is 1. The van der Waals surface area contributed by atoms with Crippen molar-refractivity contribution in [3.63, 3.8) is 0 Å². The summed E-state index contributed by atoms with van der Waals surface area (Å²) in [6.07, 6.45) is 0. The Morgan fingerprint density at radius 2 is 0.625 bits per heavy atom. The van der Waals surface area contributed by atoms with E-state index in [1.54, 1.807) is 0 Å². The van der Waals surface area contributed by atoms with Gasteiger partial charge in [0.1, 0.15) is 0 Å². The van der Waals surface area contributed by atoms with Crippen LogP contribution >= 0.6 is 0 Å². The Balaban J connectivity index is 1.28. The first-order chi connectivity index (χ1) is 23.7. The molecule has 0 saturated heterocycles. The Hall–Kier alpha value is -6.46. The van der Waals surface area contributed by atoms with Crippen LogP contribution in [0.4, 0.5) is 28.4 Å². The molecule has 0 N–H and O–H groups in total. The van der Waals surface area contributed by atoms with Gasteiger partial charge in [-0.25, -0.2) is 9.69 Å². The van der Waals surface area contributed by atoms with Gasteiger partial charge in [0.05, 0.1) is 13.1 Å². The molecule has 0 radical (unpaired) electrons. The van der Waals surface area contributed by atoms with Crippen LogP contribution in [0.3, 0.4) is 0 Å². The summed E-state index contributed by atoms with van der Waals surface area (Å²) in [5.74, 6) is 0. The predicted molar refractivity (Wildman–Crippen MR) is 203 cm³/mol. The van der Waals surface area contributed by atoms with E-state index < -0.39 is 8.07 Å². The lowest BCUT2D eigenvalue weighted by atomic mass is 10.0. The van der Waals surface area contributed by atoms with Crippen molar-refractivity contribution in [2.45, 2.75) is 0 Å². The van der Waals surface area contributed by atoms with Crippen LogP contribution in [-0.4, -0.2) is 8.07 Å². The summed E-state index contributed by atoms with van der Waals surface area (Å²) in [5, 5.41) is 5.40. The Morgan fingerprint density at radius 3 is 0.958 bits per heavy atom. The summed E-state index contributed by atoms with van der Waals surface area (Å²) < 4.78 is 0. The molecule has 7 rings (SSSR count). The van der Waals surface area contributed by atoms with E-state index >= 15 is 0 Å². The van der Waals surface area contributed by atoms with Crippen LogP contribution in [-0.2, 0) is 0 Å². The average Bonchev–Trinajstić information content (AvgIpc) is 3.18. The maximum Gasteiger partial charge on any atom is 0.187 e. The Kier molecular flexibility index (Phi) is 8.49. The van der Waals surface area contributed by atoms with E-state index in [2.05, 4.69) is 154 Å². The van der Waals surface area contributed by atoms with Gasteiger partial charge < -0.3 is 4.90 Å². The largest absolute Gasteiger partial charge is 0.311 e. The molecule has 0 heterocycles. The van der Waals surface area contributed by atoms with E-state index in [1.165, 1.54) is 20.7 Å². The van der Waals surface area contributed by atoms with Crippen LogP contribution in [0.2, 0.25) is 0 Å².